The second-order valence-corrected chi connectivity index (χ2v) is 10.5. The Morgan fingerprint density at radius 1 is 1.00 bits per heavy atom. The maximum atomic E-state index is 16.3. The number of hydrogen-bond donors (Lipinski definition) is 2. The summed E-state index contributed by atoms with van der Waals surface area (Å²) in [6, 6.07) is 11.8. The highest BCUT2D eigenvalue weighted by molar-refractivity contribution is 5.98. The summed E-state index contributed by atoms with van der Waals surface area (Å²) in [5, 5.41) is 8.57. The Kier molecular flexibility index (Phi) is 6.28. The third kappa shape index (κ3) is 4.42. The molecule has 40 heavy (non-hydrogen) atoms. The molecule has 200 valence electrons. The third-order valence-corrected chi connectivity index (χ3v) is 7.85. The molecule has 0 aliphatic heterocycles. The molecule has 6 aromatic rings. The Hall–Kier alpha value is -4.50. The van der Waals surface area contributed by atoms with Gasteiger partial charge in [0.25, 0.3) is 0 Å². The van der Waals surface area contributed by atoms with Crippen molar-refractivity contribution in [1.82, 2.24) is 40.0 Å². The zero-order chi connectivity index (χ0) is 27.1. The topological polar surface area (TPSA) is 97.2 Å². The van der Waals surface area contributed by atoms with Crippen molar-refractivity contribution in [3.8, 4) is 33.9 Å². The van der Waals surface area contributed by atoms with Gasteiger partial charge in [-0.05, 0) is 49.1 Å². The predicted octanol–water partition coefficient (Wildman–Crippen LogP) is 6.05. The van der Waals surface area contributed by atoms with Crippen LogP contribution in [0.2, 0.25) is 0 Å². The standard InChI is InChI=1S/C31H29FN8/c1-40-25-18-36-28(22-12-20(15-35-17-22)14-34-13-19-6-2-3-7-19)27(32)26(25)30(39-40)31-37-24-10-4-9-23(29(24)38-31)21-8-5-11-33-16-21/h4-5,8-12,15-19,34H,2-3,6-7,13-14H2,1H3,(H,37,38). The van der Waals surface area contributed by atoms with Crippen LogP contribution >= 0.6 is 0 Å². The summed E-state index contributed by atoms with van der Waals surface area (Å²) in [7, 11) is 1.79. The number of imidazole rings is 1. The number of aromatic amines is 1. The zero-order valence-corrected chi connectivity index (χ0v) is 22.2. The lowest BCUT2D eigenvalue weighted by Crippen LogP contribution is -2.20. The number of pyridine rings is 3. The van der Waals surface area contributed by atoms with Crippen molar-refractivity contribution in [2.75, 3.05) is 6.54 Å². The summed E-state index contributed by atoms with van der Waals surface area (Å²) >= 11 is 0. The molecule has 0 amide bonds. The molecule has 5 aromatic heterocycles. The van der Waals surface area contributed by atoms with E-state index in [1.807, 2.05) is 48.8 Å². The molecule has 1 aliphatic carbocycles. The van der Waals surface area contributed by atoms with Gasteiger partial charge in [0.2, 0.25) is 0 Å². The lowest BCUT2D eigenvalue weighted by atomic mass is 10.1. The van der Waals surface area contributed by atoms with Crippen molar-refractivity contribution >= 4 is 21.9 Å². The average molecular weight is 533 g/mol. The van der Waals surface area contributed by atoms with E-state index in [4.69, 9.17) is 4.98 Å². The number of aryl methyl sites for hydroxylation is 1. The van der Waals surface area contributed by atoms with Crippen LogP contribution in [0.3, 0.4) is 0 Å². The highest BCUT2D eigenvalue weighted by Gasteiger charge is 2.23. The van der Waals surface area contributed by atoms with E-state index in [-0.39, 0.29) is 5.69 Å². The molecule has 0 spiro atoms. The minimum Gasteiger partial charge on any atom is -0.337 e. The first kappa shape index (κ1) is 24.5. The first-order valence-corrected chi connectivity index (χ1v) is 13.7. The molecule has 7 rings (SSSR count). The Morgan fingerprint density at radius 3 is 2.73 bits per heavy atom. The Balaban J connectivity index is 1.26. The zero-order valence-electron chi connectivity index (χ0n) is 22.2. The molecule has 1 saturated carbocycles. The van der Waals surface area contributed by atoms with E-state index >= 15 is 4.39 Å². The van der Waals surface area contributed by atoms with E-state index in [0.717, 1.165) is 40.2 Å². The molecule has 9 heteroatoms. The maximum absolute atomic E-state index is 16.3. The molecule has 2 N–H and O–H groups in total. The van der Waals surface area contributed by atoms with Crippen LogP contribution in [0, 0.1) is 11.7 Å². The average Bonchev–Trinajstić information content (AvgIpc) is 3.73. The van der Waals surface area contributed by atoms with Gasteiger partial charge in [-0.25, -0.2) is 9.37 Å². The van der Waals surface area contributed by atoms with Gasteiger partial charge in [0.15, 0.2) is 11.6 Å². The van der Waals surface area contributed by atoms with Gasteiger partial charge in [-0.3, -0.25) is 19.6 Å². The number of nitrogens with zero attached hydrogens (tertiary/aromatic N) is 6. The second-order valence-electron chi connectivity index (χ2n) is 10.5. The number of aromatic nitrogens is 7. The van der Waals surface area contributed by atoms with Gasteiger partial charge in [0.1, 0.15) is 11.4 Å². The van der Waals surface area contributed by atoms with Gasteiger partial charge in [-0.15, -0.1) is 0 Å². The first-order valence-electron chi connectivity index (χ1n) is 13.7. The predicted molar refractivity (Wildman–Crippen MR) is 154 cm³/mol. The molecule has 1 fully saturated rings. The van der Waals surface area contributed by atoms with Crippen molar-refractivity contribution in [2.24, 2.45) is 13.0 Å². The lowest BCUT2D eigenvalue weighted by Gasteiger charge is -2.11. The summed E-state index contributed by atoms with van der Waals surface area (Å²) in [5.74, 6) is 0.808. The van der Waals surface area contributed by atoms with Gasteiger partial charge in [0.05, 0.1) is 28.1 Å². The Morgan fingerprint density at radius 2 is 1.88 bits per heavy atom. The summed E-state index contributed by atoms with van der Waals surface area (Å²) in [4.78, 5) is 21.4. The van der Waals surface area contributed by atoms with Crippen molar-refractivity contribution in [2.45, 2.75) is 32.2 Å². The van der Waals surface area contributed by atoms with Crippen LogP contribution in [0.15, 0.2) is 67.4 Å². The van der Waals surface area contributed by atoms with Gasteiger partial charge in [-0.2, -0.15) is 5.10 Å². The van der Waals surface area contributed by atoms with Crippen LogP contribution in [0.1, 0.15) is 31.2 Å². The fourth-order valence-electron chi connectivity index (χ4n) is 5.82. The largest absolute Gasteiger partial charge is 0.337 e. The van der Waals surface area contributed by atoms with E-state index in [1.54, 1.807) is 30.3 Å². The molecule has 5 heterocycles. The van der Waals surface area contributed by atoms with Gasteiger partial charge >= 0.3 is 0 Å². The lowest BCUT2D eigenvalue weighted by molar-refractivity contribution is 0.489. The number of H-pyrrole nitrogens is 1. The fraction of sp³-hybridized carbons (Fsp3) is 0.258. The minimum atomic E-state index is -0.439. The summed E-state index contributed by atoms with van der Waals surface area (Å²) in [6.07, 6.45) is 13.9. The van der Waals surface area contributed by atoms with Crippen molar-refractivity contribution in [3.63, 3.8) is 0 Å². The quantitative estimate of drug-likeness (QED) is 0.260. The van der Waals surface area contributed by atoms with Crippen molar-refractivity contribution in [1.29, 1.82) is 0 Å². The molecule has 0 radical (unpaired) electrons. The van der Waals surface area contributed by atoms with Crippen LogP contribution in [0.4, 0.5) is 4.39 Å². The highest BCUT2D eigenvalue weighted by Crippen LogP contribution is 2.35. The van der Waals surface area contributed by atoms with Gasteiger partial charge in [0, 0.05) is 55.1 Å². The summed E-state index contributed by atoms with van der Waals surface area (Å²) in [6.45, 7) is 1.69. The number of benzene rings is 1. The van der Waals surface area contributed by atoms with Gasteiger partial charge in [-0.1, -0.05) is 31.0 Å². The van der Waals surface area contributed by atoms with E-state index in [0.29, 0.717) is 34.5 Å². The van der Waals surface area contributed by atoms with E-state index in [1.165, 1.54) is 25.7 Å². The first-order chi connectivity index (χ1) is 19.7. The number of para-hydroxylation sites is 1. The van der Waals surface area contributed by atoms with Crippen LogP contribution in [-0.4, -0.2) is 41.2 Å². The molecule has 1 aliphatic rings. The number of halogens is 1. The second kappa shape index (κ2) is 10.2. The number of nitrogens with one attached hydrogen (secondary N) is 2. The summed E-state index contributed by atoms with van der Waals surface area (Å²) in [5.41, 5.74) is 6.44. The van der Waals surface area contributed by atoms with Gasteiger partial charge < -0.3 is 10.3 Å². The van der Waals surface area contributed by atoms with Crippen LogP contribution in [-0.2, 0) is 13.6 Å². The van der Waals surface area contributed by atoms with Crippen molar-refractivity contribution < 1.29 is 4.39 Å². The highest BCUT2D eigenvalue weighted by atomic mass is 19.1. The third-order valence-electron chi connectivity index (χ3n) is 7.85. The molecule has 0 atom stereocenters. The maximum Gasteiger partial charge on any atom is 0.161 e. The molecular formula is C31H29FN8. The molecule has 0 unspecified atom stereocenters. The van der Waals surface area contributed by atoms with Crippen molar-refractivity contribution in [3.05, 3.63) is 78.8 Å². The molecular weight excluding hydrogens is 503 g/mol. The normalized spacial score (nSPS) is 14.1. The molecule has 1 aromatic carbocycles. The number of rotatable bonds is 7. The van der Waals surface area contributed by atoms with E-state index < -0.39 is 5.82 Å². The number of fused-ring (bicyclic) bond motifs is 2. The molecule has 0 saturated heterocycles. The minimum absolute atomic E-state index is 0.249. The SMILES string of the molecule is Cn1nc(-c2nc3c(-c4cccnc4)cccc3[nH]2)c2c(F)c(-c3cncc(CNCC4CCCC4)c3)ncc21. The van der Waals surface area contributed by atoms with Crippen LogP contribution in [0.25, 0.3) is 55.8 Å². The van der Waals surface area contributed by atoms with Crippen LogP contribution in [0.5, 0.6) is 0 Å². The summed E-state index contributed by atoms with van der Waals surface area (Å²) < 4.78 is 17.9. The van der Waals surface area contributed by atoms with E-state index in [2.05, 4.69) is 30.4 Å². The smallest absolute Gasteiger partial charge is 0.161 e. The molecule has 0 bridgehead atoms. The molecule has 8 nitrogen and oxygen atoms in total. The Labute approximate surface area is 230 Å². The van der Waals surface area contributed by atoms with E-state index in [9.17, 15) is 0 Å². The Bertz CT molecular complexity index is 1820. The fourth-order valence-corrected chi connectivity index (χ4v) is 5.82. The monoisotopic (exact) mass is 532 g/mol. The number of hydrogen-bond acceptors (Lipinski definition) is 6. The van der Waals surface area contributed by atoms with Crippen LogP contribution < -0.4 is 5.32 Å².